The summed E-state index contributed by atoms with van der Waals surface area (Å²) >= 11 is 6.20. The fourth-order valence-corrected chi connectivity index (χ4v) is 5.13. The van der Waals surface area contributed by atoms with Crippen molar-refractivity contribution in [3.63, 3.8) is 0 Å². The zero-order valence-corrected chi connectivity index (χ0v) is 18.1. The summed E-state index contributed by atoms with van der Waals surface area (Å²) in [4.78, 5) is 27.1. The molecule has 164 valence electrons. The highest BCUT2D eigenvalue weighted by Crippen LogP contribution is 2.46. The molecule has 0 aliphatic carbocycles. The van der Waals surface area contributed by atoms with E-state index in [0.29, 0.717) is 24.5 Å². The molecule has 0 bridgehead atoms. The Morgan fingerprint density at radius 3 is 2.71 bits per heavy atom. The van der Waals surface area contributed by atoms with Crippen molar-refractivity contribution in [1.29, 1.82) is 0 Å². The van der Waals surface area contributed by atoms with Crippen LogP contribution in [0.1, 0.15) is 36.4 Å². The number of carboxylic acids is 1. The average Bonchev–Trinajstić information content (AvgIpc) is 2.77. The Morgan fingerprint density at radius 2 is 2.03 bits per heavy atom. The standard InChI is InChI=1S/C24H27ClN2O4/c25-19-9-4-6-17(12-19)14-27-22(18-7-2-1-3-8-18)20(31-15-21(28)29)13-24(23(27)30)10-5-11-26-16-24/h1-4,6-9,12,20,22,26H,5,10-11,13-16H2,(H,28,29)/t20-,22+,24-/m1/s1. The van der Waals surface area contributed by atoms with Gasteiger partial charge in [0, 0.05) is 18.1 Å². The van der Waals surface area contributed by atoms with Crippen molar-refractivity contribution in [2.24, 2.45) is 5.41 Å². The molecule has 2 aromatic rings. The van der Waals surface area contributed by atoms with Crippen molar-refractivity contribution in [2.45, 2.75) is 38.0 Å². The number of piperidine rings is 2. The van der Waals surface area contributed by atoms with Crippen LogP contribution in [0, 0.1) is 5.41 Å². The molecule has 1 amide bonds. The minimum atomic E-state index is -1.01. The van der Waals surface area contributed by atoms with Gasteiger partial charge in [0.15, 0.2) is 0 Å². The first-order valence-electron chi connectivity index (χ1n) is 10.6. The molecule has 0 unspecified atom stereocenters. The average molecular weight is 443 g/mol. The molecule has 6 nitrogen and oxygen atoms in total. The number of hydrogen-bond acceptors (Lipinski definition) is 4. The van der Waals surface area contributed by atoms with Gasteiger partial charge in [-0.05, 0) is 49.1 Å². The molecule has 2 aromatic carbocycles. The van der Waals surface area contributed by atoms with E-state index >= 15 is 0 Å². The van der Waals surface area contributed by atoms with Crippen LogP contribution in [0.25, 0.3) is 0 Å². The van der Waals surface area contributed by atoms with Crippen molar-refractivity contribution >= 4 is 23.5 Å². The summed E-state index contributed by atoms with van der Waals surface area (Å²) in [6, 6.07) is 16.8. The summed E-state index contributed by atoms with van der Waals surface area (Å²) in [5.41, 5.74) is 1.28. The third-order valence-electron chi connectivity index (χ3n) is 6.27. The minimum Gasteiger partial charge on any atom is -0.480 e. The van der Waals surface area contributed by atoms with Gasteiger partial charge in [-0.2, -0.15) is 0 Å². The molecular weight excluding hydrogens is 416 g/mol. The Balaban J connectivity index is 1.75. The van der Waals surface area contributed by atoms with Crippen LogP contribution in [0.2, 0.25) is 5.02 Å². The molecule has 2 fully saturated rings. The van der Waals surface area contributed by atoms with Gasteiger partial charge in [0.2, 0.25) is 5.91 Å². The second kappa shape index (κ2) is 9.39. The van der Waals surface area contributed by atoms with Crippen LogP contribution in [0.3, 0.4) is 0 Å². The van der Waals surface area contributed by atoms with Gasteiger partial charge in [0.25, 0.3) is 0 Å². The van der Waals surface area contributed by atoms with E-state index in [1.54, 1.807) is 0 Å². The van der Waals surface area contributed by atoms with E-state index in [4.69, 9.17) is 16.3 Å². The lowest BCUT2D eigenvalue weighted by atomic mass is 9.69. The highest BCUT2D eigenvalue weighted by Gasteiger charge is 2.52. The van der Waals surface area contributed by atoms with E-state index in [-0.39, 0.29) is 11.9 Å². The van der Waals surface area contributed by atoms with Crippen LogP contribution >= 0.6 is 11.6 Å². The summed E-state index contributed by atoms with van der Waals surface area (Å²) < 4.78 is 5.93. The summed E-state index contributed by atoms with van der Waals surface area (Å²) in [6.07, 6.45) is 1.74. The lowest BCUT2D eigenvalue weighted by Crippen LogP contribution is -2.60. The van der Waals surface area contributed by atoms with Gasteiger partial charge in [-0.1, -0.05) is 54.1 Å². The molecular formula is C24H27ClN2O4. The fraction of sp³-hybridized carbons (Fsp3) is 0.417. The largest absolute Gasteiger partial charge is 0.480 e. The molecule has 0 aromatic heterocycles. The van der Waals surface area contributed by atoms with Crippen molar-refractivity contribution < 1.29 is 19.4 Å². The first-order valence-corrected chi connectivity index (χ1v) is 11.0. The second-order valence-corrected chi connectivity index (χ2v) is 8.86. The molecule has 2 heterocycles. The van der Waals surface area contributed by atoms with Crippen molar-refractivity contribution in [2.75, 3.05) is 19.7 Å². The molecule has 3 atom stereocenters. The topological polar surface area (TPSA) is 78.9 Å². The third-order valence-corrected chi connectivity index (χ3v) is 6.51. The number of rotatable bonds is 6. The lowest BCUT2D eigenvalue weighted by molar-refractivity contribution is -0.170. The third kappa shape index (κ3) is 4.76. The predicted octanol–water partition coefficient (Wildman–Crippen LogP) is 3.65. The Bertz CT molecular complexity index is 930. The van der Waals surface area contributed by atoms with E-state index < -0.39 is 24.1 Å². The van der Waals surface area contributed by atoms with Crippen molar-refractivity contribution in [1.82, 2.24) is 10.2 Å². The maximum atomic E-state index is 13.9. The molecule has 2 aliphatic heterocycles. The maximum absolute atomic E-state index is 13.9. The van der Waals surface area contributed by atoms with Gasteiger partial charge in [-0.15, -0.1) is 0 Å². The first-order chi connectivity index (χ1) is 15.0. The van der Waals surface area contributed by atoms with Crippen molar-refractivity contribution in [3.8, 4) is 0 Å². The minimum absolute atomic E-state index is 0.0868. The quantitative estimate of drug-likeness (QED) is 0.713. The van der Waals surface area contributed by atoms with Crippen LogP contribution in [0.4, 0.5) is 0 Å². The maximum Gasteiger partial charge on any atom is 0.329 e. The van der Waals surface area contributed by atoms with E-state index in [9.17, 15) is 14.7 Å². The highest BCUT2D eigenvalue weighted by molar-refractivity contribution is 6.30. The monoisotopic (exact) mass is 442 g/mol. The smallest absolute Gasteiger partial charge is 0.329 e. The number of nitrogens with zero attached hydrogens (tertiary/aromatic N) is 1. The van der Waals surface area contributed by atoms with Crippen LogP contribution in [-0.4, -0.2) is 47.7 Å². The molecule has 2 saturated heterocycles. The Kier molecular flexibility index (Phi) is 6.60. The van der Waals surface area contributed by atoms with E-state index in [1.807, 2.05) is 59.5 Å². The van der Waals surface area contributed by atoms with Crippen LogP contribution < -0.4 is 5.32 Å². The number of carboxylic acid groups (broad SMARTS) is 1. The number of ether oxygens (including phenoxy) is 1. The number of carbonyl (C=O) groups is 2. The van der Waals surface area contributed by atoms with Crippen molar-refractivity contribution in [3.05, 3.63) is 70.7 Å². The van der Waals surface area contributed by atoms with Gasteiger partial charge in [0.05, 0.1) is 17.6 Å². The number of aliphatic carboxylic acids is 1. The van der Waals surface area contributed by atoms with Crippen LogP contribution in [0.5, 0.6) is 0 Å². The van der Waals surface area contributed by atoms with Gasteiger partial charge in [0.1, 0.15) is 6.61 Å². The normalized spacial score (nSPS) is 26.2. The predicted molar refractivity (Wildman–Crippen MR) is 118 cm³/mol. The highest BCUT2D eigenvalue weighted by atomic mass is 35.5. The number of benzene rings is 2. The zero-order chi connectivity index (χ0) is 21.8. The Hall–Kier alpha value is -2.41. The summed E-state index contributed by atoms with van der Waals surface area (Å²) in [5, 5.41) is 13.2. The van der Waals surface area contributed by atoms with Gasteiger partial charge in [-0.3, -0.25) is 4.79 Å². The molecule has 0 saturated carbocycles. The summed E-state index contributed by atoms with van der Waals surface area (Å²) in [7, 11) is 0. The van der Waals surface area contributed by atoms with E-state index in [1.165, 1.54) is 0 Å². The molecule has 1 spiro atoms. The number of amides is 1. The summed E-state index contributed by atoms with van der Waals surface area (Å²) in [5.74, 6) is -0.926. The summed E-state index contributed by atoms with van der Waals surface area (Å²) in [6.45, 7) is 1.45. The first kappa shape index (κ1) is 21.8. The van der Waals surface area contributed by atoms with Gasteiger partial charge >= 0.3 is 5.97 Å². The Labute approximate surface area is 187 Å². The number of hydrogen-bond donors (Lipinski definition) is 2. The SMILES string of the molecule is O=C(O)CO[C@@H]1C[C@@]2(CCCNC2)C(=O)N(Cc2cccc(Cl)c2)[C@H]1c1ccccc1. The number of halogens is 1. The lowest BCUT2D eigenvalue weighted by Gasteiger charge is -2.51. The fourth-order valence-electron chi connectivity index (χ4n) is 4.92. The van der Waals surface area contributed by atoms with Crippen LogP contribution in [0.15, 0.2) is 54.6 Å². The zero-order valence-electron chi connectivity index (χ0n) is 17.3. The van der Waals surface area contributed by atoms with E-state index in [0.717, 1.165) is 30.5 Å². The van der Waals surface area contributed by atoms with Gasteiger partial charge in [-0.25, -0.2) is 4.79 Å². The second-order valence-electron chi connectivity index (χ2n) is 8.43. The molecule has 2 aliphatic rings. The van der Waals surface area contributed by atoms with Gasteiger partial charge < -0.3 is 20.1 Å². The molecule has 0 radical (unpaired) electrons. The Morgan fingerprint density at radius 1 is 1.23 bits per heavy atom. The van der Waals surface area contributed by atoms with E-state index in [2.05, 4.69) is 5.32 Å². The molecule has 4 rings (SSSR count). The molecule has 31 heavy (non-hydrogen) atoms. The molecule has 2 N–H and O–H groups in total. The number of nitrogens with one attached hydrogen (secondary N) is 1. The molecule has 7 heteroatoms. The van der Waals surface area contributed by atoms with Crippen LogP contribution in [-0.2, 0) is 20.9 Å². The number of carbonyl (C=O) groups excluding carboxylic acids is 1. The number of likely N-dealkylation sites (tertiary alicyclic amines) is 1.